The van der Waals surface area contributed by atoms with E-state index in [-0.39, 0.29) is 12.6 Å². The molecule has 1 aromatic carbocycles. The highest BCUT2D eigenvalue weighted by molar-refractivity contribution is 5.69. The fourth-order valence-corrected chi connectivity index (χ4v) is 1.30. The number of carbonyl (C=O) groups excluding carboxylic acids is 1. The van der Waals surface area contributed by atoms with Crippen molar-refractivity contribution in [1.29, 1.82) is 0 Å². The van der Waals surface area contributed by atoms with Gasteiger partial charge in [0.05, 0.1) is 0 Å². The van der Waals surface area contributed by atoms with Gasteiger partial charge in [-0.1, -0.05) is 43.9 Å². The normalized spacial score (nSPS) is 9.12. The van der Waals surface area contributed by atoms with E-state index in [1.54, 1.807) is 6.92 Å². The minimum atomic E-state index is -0.210. The van der Waals surface area contributed by atoms with Crippen molar-refractivity contribution in [3.63, 3.8) is 0 Å². The standard InChI is InChI=1S/C14H16O2/c1-3-12-8-5-6-9-13(12)10-7-11-16-14(15)4-2/h5-6,8-9H,3-4,11H2,1-2H3. The summed E-state index contributed by atoms with van der Waals surface area (Å²) in [6.45, 7) is 4.03. The summed E-state index contributed by atoms with van der Waals surface area (Å²) in [7, 11) is 0. The van der Waals surface area contributed by atoms with Gasteiger partial charge in [0.15, 0.2) is 6.61 Å². The zero-order valence-corrected chi connectivity index (χ0v) is 9.75. The van der Waals surface area contributed by atoms with Gasteiger partial charge in [0.25, 0.3) is 0 Å². The molecule has 0 spiro atoms. The van der Waals surface area contributed by atoms with Gasteiger partial charge >= 0.3 is 5.97 Å². The van der Waals surface area contributed by atoms with E-state index >= 15 is 0 Å². The second-order valence-corrected chi connectivity index (χ2v) is 3.33. The average molecular weight is 216 g/mol. The topological polar surface area (TPSA) is 26.3 Å². The highest BCUT2D eigenvalue weighted by Gasteiger charge is 1.96. The number of benzene rings is 1. The molecule has 2 heteroatoms. The first-order valence-corrected chi connectivity index (χ1v) is 5.50. The van der Waals surface area contributed by atoms with Crippen molar-refractivity contribution in [3.05, 3.63) is 35.4 Å². The zero-order chi connectivity index (χ0) is 11.8. The molecule has 0 heterocycles. The molecule has 1 rings (SSSR count). The fourth-order valence-electron chi connectivity index (χ4n) is 1.30. The number of esters is 1. The quantitative estimate of drug-likeness (QED) is 0.573. The summed E-state index contributed by atoms with van der Waals surface area (Å²) in [5.74, 6) is 5.65. The highest BCUT2D eigenvalue weighted by Crippen LogP contribution is 2.07. The number of hydrogen-bond donors (Lipinski definition) is 0. The van der Waals surface area contributed by atoms with Gasteiger partial charge in [0, 0.05) is 12.0 Å². The predicted molar refractivity (Wildman–Crippen MR) is 63.9 cm³/mol. The molecule has 0 bridgehead atoms. The van der Waals surface area contributed by atoms with Crippen LogP contribution in [0.2, 0.25) is 0 Å². The van der Waals surface area contributed by atoms with Crippen LogP contribution in [0.1, 0.15) is 31.4 Å². The predicted octanol–water partition coefficient (Wildman–Crippen LogP) is 2.55. The van der Waals surface area contributed by atoms with Crippen LogP contribution in [-0.4, -0.2) is 12.6 Å². The monoisotopic (exact) mass is 216 g/mol. The van der Waals surface area contributed by atoms with E-state index in [0.717, 1.165) is 12.0 Å². The van der Waals surface area contributed by atoms with Gasteiger partial charge in [-0.05, 0) is 18.1 Å². The molecule has 0 radical (unpaired) electrons. The second-order valence-electron chi connectivity index (χ2n) is 3.33. The van der Waals surface area contributed by atoms with Crippen LogP contribution in [0.25, 0.3) is 0 Å². The van der Waals surface area contributed by atoms with Crippen molar-refractivity contribution in [1.82, 2.24) is 0 Å². The third-order valence-electron chi connectivity index (χ3n) is 2.22. The lowest BCUT2D eigenvalue weighted by Gasteiger charge is -1.99. The largest absolute Gasteiger partial charge is 0.452 e. The average Bonchev–Trinajstić information content (AvgIpc) is 2.34. The third-order valence-corrected chi connectivity index (χ3v) is 2.22. The number of hydrogen-bond acceptors (Lipinski definition) is 2. The summed E-state index contributed by atoms with van der Waals surface area (Å²) < 4.78 is 4.87. The third kappa shape index (κ3) is 3.78. The molecule has 0 fully saturated rings. The van der Waals surface area contributed by atoms with E-state index in [4.69, 9.17) is 4.74 Å². The van der Waals surface area contributed by atoms with E-state index < -0.39 is 0 Å². The van der Waals surface area contributed by atoms with Crippen LogP contribution >= 0.6 is 0 Å². The number of aryl methyl sites for hydroxylation is 1. The van der Waals surface area contributed by atoms with Crippen LogP contribution < -0.4 is 0 Å². The summed E-state index contributed by atoms with van der Waals surface area (Å²) in [5.41, 5.74) is 2.23. The van der Waals surface area contributed by atoms with Crippen molar-refractivity contribution in [2.24, 2.45) is 0 Å². The van der Waals surface area contributed by atoms with E-state index in [9.17, 15) is 4.79 Å². The molecule has 2 nitrogen and oxygen atoms in total. The molecule has 0 aliphatic heterocycles. The molecule has 0 saturated heterocycles. The molecule has 1 aromatic rings. The minimum Gasteiger partial charge on any atom is -0.452 e. The Morgan fingerprint density at radius 2 is 2.06 bits per heavy atom. The fraction of sp³-hybridized carbons (Fsp3) is 0.357. The highest BCUT2D eigenvalue weighted by atomic mass is 16.5. The number of rotatable bonds is 3. The SMILES string of the molecule is CCC(=O)OCC#Cc1ccccc1CC. The maximum atomic E-state index is 10.9. The maximum Gasteiger partial charge on any atom is 0.306 e. The van der Waals surface area contributed by atoms with E-state index in [1.165, 1.54) is 5.56 Å². The smallest absolute Gasteiger partial charge is 0.306 e. The Morgan fingerprint density at radius 1 is 1.31 bits per heavy atom. The summed E-state index contributed by atoms with van der Waals surface area (Å²) in [6, 6.07) is 8.00. The van der Waals surface area contributed by atoms with Crippen molar-refractivity contribution >= 4 is 5.97 Å². The van der Waals surface area contributed by atoms with Crippen LogP contribution in [0, 0.1) is 11.8 Å². The first kappa shape index (κ1) is 12.3. The van der Waals surface area contributed by atoms with E-state index in [2.05, 4.69) is 24.8 Å². The lowest BCUT2D eigenvalue weighted by Crippen LogP contribution is -2.01. The van der Waals surface area contributed by atoms with Crippen molar-refractivity contribution < 1.29 is 9.53 Å². The van der Waals surface area contributed by atoms with Gasteiger partial charge in [0.2, 0.25) is 0 Å². The lowest BCUT2D eigenvalue weighted by atomic mass is 10.1. The number of carbonyl (C=O) groups is 1. The Labute approximate surface area is 96.6 Å². The van der Waals surface area contributed by atoms with E-state index in [0.29, 0.717) is 6.42 Å². The van der Waals surface area contributed by atoms with Crippen LogP contribution in [0.15, 0.2) is 24.3 Å². The Hall–Kier alpha value is -1.75. The molecule has 0 unspecified atom stereocenters. The van der Waals surface area contributed by atoms with Crippen molar-refractivity contribution in [3.8, 4) is 11.8 Å². The molecule has 0 aromatic heterocycles. The Morgan fingerprint density at radius 3 is 2.75 bits per heavy atom. The molecule has 84 valence electrons. The summed E-state index contributed by atoms with van der Waals surface area (Å²) in [4.78, 5) is 10.9. The molecular weight excluding hydrogens is 200 g/mol. The Kier molecular flexibility index (Phi) is 5.15. The first-order valence-electron chi connectivity index (χ1n) is 5.50. The molecule has 16 heavy (non-hydrogen) atoms. The molecule has 0 aliphatic carbocycles. The van der Waals surface area contributed by atoms with Gasteiger partial charge in [-0.3, -0.25) is 4.79 Å². The maximum absolute atomic E-state index is 10.9. The van der Waals surface area contributed by atoms with Gasteiger partial charge in [-0.2, -0.15) is 0 Å². The summed E-state index contributed by atoms with van der Waals surface area (Å²) in [5, 5.41) is 0. The molecule has 0 aliphatic rings. The van der Waals surface area contributed by atoms with Crippen molar-refractivity contribution in [2.45, 2.75) is 26.7 Å². The van der Waals surface area contributed by atoms with Gasteiger partial charge in [-0.15, -0.1) is 0 Å². The Balaban J connectivity index is 2.59. The van der Waals surface area contributed by atoms with Gasteiger partial charge < -0.3 is 4.74 Å². The molecule has 0 amide bonds. The zero-order valence-electron chi connectivity index (χ0n) is 9.75. The van der Waals surface area contributed by atoms with E-state index in [1.807, 2.05) is 18.2 Å². The number of ether oxygens (including phenoxy) is 1. The lowest BCUT2D eigenvalue weighted by molar-refractivity contribution is -0.141. The molecule has 0 saturated carbocycles. The van der Waals surface area contributed by atoms with Crippen LogP contribution in [-0.2, 0) is 16.0 Å². The van der Waals surface area contributed by atoms with Crippen LogP contribution in [0.3, 0.4) is 0 Å². The summed E-state index contributed by atoms with van der Waals surface area (Å²) >= 11 is 0. The minimum absolute atomic E-state index is 0.171. The van der Waals surface area contributed by atoms with Crippen LogP contribution in [0.5, 0.6) is 0 Å². The molecule has 0 atom stereocenters. The van der Waals surface area contributed by atoms with Gasteiger partial charge in [-0.25, -0.2) is 0 Å². The first-order chi connectivity index (χ1) is 7.77. The second kappa shape index (κ2) is 6.68. The van der Waals surface area contributed by atoms with Crippen molar-refractivity contribution in [2.75, 3.05) is 6.61 Å². The van der Waals surface area contributed by atoms with Gasteiger partial charge in [0.1, 0.15) is 0 Å². The molecular formula is C14H16O2. The van der Waals surface area contributed by atoms with Crippen LogP contribution in [0.4, 0.5) is 0 Å². The Bertz CT molecular complexity index is 410. The summed E-state index contributed by atoms with van der Waals surface area (Å²) in [6.07, 6.45) is 1.35. The molecule has 0 N–H and O–H groups in total.